The molecule has 0 aliphatic carbocycles. The molecule has 11 nitrogen and oxygen atoms in total. The van der Waals surface area contributed by atoms with Crippen molar-refractivity contribution in [1.82, 2.24) is 4.57 Å². The fourth-order valence-electron chi connectivity index (χ4n) is 3.49. The Kier molecular flexibility index (Phi) is 5.72. The lowest BCUT2D eigenvalue weighted by atomic mass is 9.85. The van der Waals surface area contributed by atoms with Gasteiger partial charge in [-0.15, -0.1) is 20.2 Å². The zero-order chi connectivity index (χ0) is 23.8. The number of nitrogens with zero attached hydrogens (tertiary/aromatic N) is 3. The number of hydrogen-bond acceptors (Lipinski definition) is 8. The SMILES string of the molecule is CC1(C)Oc2ccc(C(F)(F)F)cc2C(n2cc(CO[N+](=O)[O-])ccc2=O)C1O[N+](=O)[O-]. The molecular formula is C18H16F3N3O8. The first-order chi connectivity index (χ1) is 14.8. The highest BCUT2D eigenvalue weighted by Crippen LogP contribution is 2.45. The molecule has 32 heavy (non-hydrogen) atoms. The highest BCUT2D eigenvalue weighted by atomic mass is 19.4. The second-order valence-electron chi connectivity index (χ2n) is 7.43. The summed E-state index contributed by atoms with van der Waals surface area (Å²) >= 11 is 0. The molecule has 0 spiro atoms. The lowest BCUT2D eigenvalue weighted by Gasteiger charge is -2.44. The molecule has 3 rings (SSSR count). The van der Waals surface area contributed by atoms with Crippen LogP contribution < -0.4 is 10.3 Å². The van der Waals surface area contributed by atoms with E-state index in [1.165, 1.54) is 19.9 Å². The van der Waals surface area contributed by atoms with Crippen molar-refractivity contribution in [2.45, 2.75) is 44.4 Å². The summed E-state index contributed by atoms with van der Waals surface area (Å²) in [6.45, 7) is 2.27. The first-order valence-electron chi connectivity index (χ1n) is 8.99. The van der Waals surface area contributed by atoms with Crippen molar-refractivity contribution >= 4 is 0 Å². The third kappa shape index (κ3) is 4.58. The smallest absolute Gasteiger partial charge is 0.416 e. The molecule has 2 atom stereocenters. The van der Waals surface area contributed by atoms with E-state index in [0.717, 1.165) is 35.0 Å². The average molecular weight is 459 g/mol. The van der Waals surface area contributed by atoms with Crippen molar-refractivity contribution in [3.8, 4) is 5.75 Å². The van der Waals surface area contributed by atoms with Crippen LogP contribution in [0.25, 0.3) is 0 Å². The molecule has 0 amide bonds. The largest absolute Gasteiger partial charge is 0.485 e. The molecule has 2 aromatic rings. The van der Waals surface area contributed by atoms with Gasteiger partial charge in [0, 0.05) is 17.8 Å². The maximum atomic E-state index is 13.3. The Hall–Kier alpha value is -3.84. The second-order valence-corrected chi connectivity index (χ2v) is 7.43. The van der Waals surface area contributed by atoms with Crippen LogP contribution in [0.5, 0.6) is 5.75 Å². The summed E-state index contributed by atoms with van der Waals surface area (Å²) in [6, 6.07) is 3.37. The van der Waals surface area contributed by atoms with Crippen molar-refractivity contribution in [1.29, 1.82) is 0 Å². The molecule has 0 fully saturated rings. The maximum Gasteiger partial charge on any atom is 0.416 e. The van der Waals surface area contributed by atoms with E-state index in [2.05, 4.69) is 4.84 Å². The van der Waals surface area contributed by atoms with Crippen molar-refractivity contribution in [3.63, 3.8) is 0 Å². The molecule has 172 valence electrons. The number of pyridine rings is 1. The van der Waals surface area contributed by atoms with Gasteiger partial charge < -0.3 is 19.0 Å². The fraction of sp³-hybridized carbons (Fsp3) is 0.389. The van der Waals surface area contributed by atoms with Crippen LogP contribution in [0.15, 0.2) is 41.3 Å². The quantitative estimate of drug-likeness (QED) is 0.475. The van der Waals surface area contributed by atoms with Gasteiger partial charge in [-0.1, -0.05) is 6.07 Å². The number of benzene rings is 1. The van der Waals surface area contributed by atoms with Gasteiger partial charge in [-0.05, 0) is 37.6 Å². The minimum absolute atomic E-state index is 0.0324. The van der Waals surface area contributed by atoms with Crippen LogP contribution in [0.2, 0.25) is 0 Å². The van der Waals surface area contributed by atoms with Gasteiger partial charge in [0.05, 0.1) is 11.6 Å². The summed E-state index contributed by atoms with van der Waals surface area (Å²) in [7, 11) is 0. The van der Waals surface area contributed by atoms with Crippen LogP contribution in [-0.4, -0.2) is 26.4 Å². The molecule has 1 aromatic carbocycles. The standard InChI is InChI=1S/C18H16F3N3O8/c1-17(2)16(32-24(28)29)15(12-7-11(18(19,20)21)4-5-13(12)31-17)22-8-10(3-6-14(22)25)9-30-23(26)27/h3-8,15-16H,9H2,1-2H3. The highest BCUT2D eigenvalue weighted by Gasteiger charge is 2.48. The van der Waals surface area contributed by atoms with E-state index >= 15 is 0 Å². The molecule has 0 radical (unpaired) electrons. The molecule has 1 aromatic heterocycles. The monoisotopic (exact) mass is 459 g/mol. The summed E-state index contributed by atoms with van der Waals surface area (Å²) in [4.78, 5) is 43.3. The zero-order valence-electron chi connectivity index (χ0n) is 16.6. The Labute approximate surface area is 177 Å². The van der Waals surface area contributed by atoms with E-state index < -0.39 is 51.8 Å². The third-order valence-electron chi connectivity index (χ3n) is 4.84. The Morgan fingerprint density at radius 2 is 1.84 bits per heavy atom. The summed E-state index contributed by atoms with van der Waals surface area (Å²) < 4.78 is 46.6. The molecular weight excluding hydrogens is 443 g/mol. The summed E-state index contributed by atoms with van der Waals surface area (Å²) in [5.41, 5.74) is -3.31. The summed E-state index contributed by atoms with van der Waals surface area (Å²) in [6.07, 6.45) is -5.17. The van der Waals surface area contributed by atoms with Crippen LogP contribution in [0.1, 0.15) is 36.6 Å². The number of hydrogen-bond donors (Lipinski definition) is 0. The number of rotatable bonds is 6. The number of alkyl halides is 3. The van der Waals surface area contributed by atoms with Crippen molar-refractivity contribution in [3.05, 3.63) is 83.8 Å². The molecule has 1 aliphatic rings. The van der Waals surface area contributed by atoms with E-state index in [1.807, 2.05) is 0 Å². The van der Waals surface area contributed by atoms with Gasteiger partial charge in [0.1, 0.15) is 18.0 Å². The van der Waals surface area contributed by atoms with E-state index in [0.29, 0.717) is 0 Å². The third-order valence-corrected chi connectivity index (χ3v) is 4.84. The minimum Gasteiger partial charge on any atom is -0.485 e. The molecule has 14 heteroatoms. The summed E-state index contributed by atoms with van der Waals surface area (Å²) in [5.74, 6) is -0.0324. The number of halogens is 3. The molecule has 0 saturated heterocycles. The molecule has 2 heterocycles. The Morgan fingerprint density at radius 1 is 1.16 bits per heavy atom. The predicted molar refractivity (Wildman–Crippen MR) is 98.6 cm³/mol. The van der Waals surface area contributed by atoms with Gasteiger partial charge in [-0.25, -0.2) is 0 Å². The highest BCUT2D eigenvalue weighted by molar-refractivity contribution is 5.44. The molecule has 2 unspecified atom stereocenters. The fourth-order valence-corrected chi connectivity index (χ4v) is 3.49. The lowest BCUT2D eigenvalue weighted by Crippen LogP contribution is -2.54. The van der Waals surface area contributed by atoms with Gasteiger partial charge in [-0.2, -0.15) is 13.2 Å². The van der Waals surface area contributed by atoms with E-state index in [9.17, 15) is 38.2 Å². The Morgan fingerprint density at radius 3 is 2.44 bits per heavy atom. The molecule has 0 N–H and O–H groups in total. The van der Waals surface area contributed by atoms with Crippen LogP contribution in [0.4, 0.5) is 13.2 Å². The Balaban J connectivity index is 2.24. The first kappa shape index (κ1) is 22.8. The maximum absolute atomic E-state index is 13.3. The Bertz CT molecular complexity index is 1120. The van der Waals surface area contributed by atoms with E-state index in [-0.39, 0.29) is 16.9 Å². The van der Waals surface area contributed by atoms with Crippen molar-refractivity contribution < 1.29 is 37.8 Å². The molecule has 0 saturated carbocycles. The lowest BCUT2D eigenvalue weighted by molar-refractivity contribution is -0.773. The van der Waals surface area contributed by atoms with E-state index in [4.69, 9.17) is 9.57 Å². The van der Waals surface area contributed by atoms with Crippen LogP contribution in [-0.2, 0) is 22.5 Å². The predicted octanol–water partition coefficient (Wildman–Crippen LogP) is 2.91. The van der Waals surface area contributed by atoms with Crippen LogP contribution in [0.3, 0.4) is 0 Å². The van der Waals surface area contributed by atoms with Crippen molar-refractivity contribution in [2.75, 3.05) is 0 Å². The van der Waals surface area contributed by atoms with Gasteiger partial charge in [-0.3, -0.25) is 4.79 Å². The van der Waals surface area contributed by atoms with Crippen molar-refractivity contribution in [2.24, 2.45) is 0 Å². The van der Waals surface area contributed by atoms with Gasteiger partial charge >= 0.3 is 6.18 Å². The molecule has 1 aliphatic heterocycles. The van der Waals surface area contributed by atoms with Crippen LogP contribution in [0, 0.1) is 20.2 Å². The number of fused-ring (bicyclic) bond motifs is 1. The number of ether oxygens (including phenoxy) is 1. The van der Waals surface area contributed by atoms with E-state index in [1.54, 1.807) is 0 Å². The van der Waals surface area contributed by atoms with Gasteiger partial charge in [0.2, 0.25) is 0 Å². The minimum atomic E-state index is -4.74. The van der Waals surface area contributed by atoms with Gasteiger partial charge in [0.15, 0.2) is 6.10 Å². The van der Waals surface area contributed by atoms with Gasteiger partial charge in [0.25, 0.3) is 15.7 Å². The normalized spacial score (nSPS) is 19.4. The summed E-state index contributed by atoms with van der Waals surface area (Å²) in [5, 5.41) is 19.4. The topological polar surface area (TPSA) is 136 Å². The van der Waals surface area contributed by atoms with Crippen LogP contribution >= 0.6 is 0 Å². The zero-order valence-corrected chi connectivity index (χ0v) is 16.6. The molecule has 0 bridgehead atoms. The average Bonchev–Trinajstić information content (AvgIpc) is 2.66. The first-order valence-corrected chi connectivity index (χ1v) is 8.99. The number of aromatic nitrogens is 1. The second kappa shape index (κ2) is 8.01.